The van der Waals surface area contributed by atoms with Gasteiger partial charge in [0.1, 0.15) is 17.9 Å². The lowest BCUT2D eigenvalue weighted by Gasteiger charge is -2.24. The van der Waals surface area contributed by atoms with E-state index in [2.05, 4.69) is 45.0 Å². The summed E-state index contributed by atoms with van der Waals surface area (Å²) in [6, 6.07) is 23.9. The molecule has 182 valence electrons. The molecule has 0 aliphatic carbocycles. The predicted octanol–water partition coefficient (Wildman–Crippen LogP) is 5.52. The lowest BCUT2D eigenvalue weighted by molar-refractivity contribution is -0.137. The van der Waals surface area contributed by atoms with Crippen molar-refractivity contribution in [1.82, 2.24) is 4.90 Å². The van der Waals surface area contributed by atoms with Crippen molar-refractivity contribution in [3.8, 4) is 5.75 Å². The van der Waals surface area contributed by atoms with Crippen LogP contribution in [0.4, 0.5) is 0 Å². The summed E-state index contributed by atoms with van der Waals surface area (Å²) in [6.07, 6.45) is 2.06. The van der Waals surface area contributed by atoms with Crippen LogP contribution in [0, 0.1) is 0 Å². The minimum absolute atomic E-state index is 0.274. The molecule has 0 radical (unpaired) electrons. The Labute approximate surface area is 207 Å². The van der Waals surface area contributed by atoms with Gasteiger partial charge in [-0.05, 0) is 59.7 Å². The number of fused-ring (bicyclic) bond motifs is 1. The van der Waals surface area contributed by atoms with Crippen LogP contribution in [0.1, 0.15) is 59.3 Å². The summed E-state index contributed by atoms with van der Waals surface area (Å²) >= 11 is 0. The number of ether oxygens (including phenoxy) is 1. The van der Waals surface area contributed by atoms with Crippen LogP contribution in [-0.2, 0) is 24.1 Å². The van der Waals surface area contributed by atoms with Crippen molar-refractivity contribution < 1.29 is 19.4 Å². The van der Waals surface area contributed by atoms with Crippen molar-refractivity contribution in [3.05, 3.63) is 101 Å². The highest BCUT2D eigenvalue weighted by Gasteiger charge is 2.35. The largest absolute Gasteiger partial charge is 0.487 e. The van der Waals surface area contributed by atoms with Crippen LogP contribution in [0.25, 0.3) is 0 Å². The summed E-state index contributed by atoms with van der Waals surface area (Å²) in [4.78, 5) is 26.1. The molecule has 4 rings (SSSR count). The van der Waals surface area contributed by atoms with Crippen molar-refractivity contribution in [3.63, 3.8) is 0 Å². The average molecular weight is 472 g/mol. The van der Waals surface area contributed by atoms with E-state index in [1.807, 2.05) is 42.5 Å². The topological polar surface area (TPSA) is 66.8 Å². The van der Waals surface area contributed by atoms with Gasteiger partial charge in [-0.3, -0.25) is 9.59 Å². The molecule has 3 aromatic carbocycles. The molecule has 3 aromatic rings. The van der Waals surface area contributed by atoms with E-state index in [1.165, 1.54) is 16.0 Å². The van der Waals surface area contributed by atoms with E-state index in [4.69, 9.17) is 4.74 Å². The standard InChI is InChI=1S/C30H33NO4/c1-21(2)24-11-9-23(10-12-24)18-30(3)19-26-17-25(13-14-27(26)35-30)29(34)31(20-28(32)33)16-15-22-7-5-4-6-8-22/h4-14,17,21H,15-16,18-20H2,1-3H3,(H,32,33). The molecule has 1 N–H and O–H groups in total. The maximum Gasteiger partial charge on any atom is 0.323 e. The van der Waals surface area contributed by atoms with E-state index < -0.39 is 11.6 Å². The molecule has 0 saturated heterocycles. The molecule has 1 aliphatic heterocycles. The minimum atomic E-state index is -1.02. The second kappa shape index (κ2) is 10.3. The van der Waals surface area contributed by atoms with Crippen LogP contribution in [0.15, 0.2) is 72.8 Å². The molecule has 5 heteroatoms. The predicted molar refractivity (Wildman–Crippen MR) is 137 cm³/mol. The van der Waals surface area contributed by atoms with Crippen molar-refractivity contribution in [2.24, 2.45) is 0 Å². The van der Waals surface area contributed by atoms with Crippen LogP contribution >= 0.6 is 0 Å². The number of carboxylic acid groups (broad SMARTS) is 1. The highest BCUT2D eigenvalue weighted by atomic mass is 16.5. The molecule has 0 bridgehead atoms. The Balaban J connectivity index is 1.46. The van der Waals surface area contributed by atoms with E-state index in [-0.39, 0.29) is 12.5 Å². The smallest absolute Gasteiger partial charge is 0.323 e. The molecule has 1 atom stereocenters. The quantitative estimate of drug-likeness (QED) is 0.447. The fourth-order valence-corrected chi connectivity index (χ4v) is 4.71. The van der Waals surface area contributed by atoms with Gasteiger partial charge in [0.15, 0.2) is 0 Å². The number of aliphatic carboxylic acids is 1. The van der Waals surface area contributed by atoms with Gasteiger partial charge in [0.2, 0.25) is 0 Å². The van der Waals surface area contributed by atoms with Gasteiger partial charge in [0, 0.05) is 24.9 Å². The normalized spacial score (nSPS) is 16.6. The van der Waals surface area contributed by atoms with Crippen molar-refractivity contribution in [2.75, 3.05) is 13.1 Å². The lowest BCUT2D eigenvalue weighted by Crippen LogP contribution is -2.37. The zero-order chi connectivity index (χ0) is 25.0. The summed E-state index contributed by atoms with van der Waals surface area (Å²) in [6.45, 7) is 6.48. The Kier molecular flexibility index (Phi) is 7.25. The number of benzene rings is 3. The molecule has 0 saturated carbocycles. The zero-order valence-corrected chi connectivity index (χ0v) is 20.7. The van der Waals surface area contributed by atoms with Gasteiger partial charge in [0.25, 0.3) is 5.91 Å². The Hall–Kier alpha value is -3.60. The van der Waals surface area contributed by atoms with Crippen LogP contribution in [-0.4, -0.2) is 40.6 Å². The van der Waals surface area contributed by atoms with Gasteiger partial charge in [-0.15, -0.1) is 0 Å². The first-order valence-corrected chi connectivity index (χ1v) is 12.2. The van der Waals surface area contributed by atoms with Crippen LogP contribution < -0.4 is 4.74 Å². The molecule has 0 aromatic heterocycles. The Bertz CT molecular complexity index is 1190. The van der Waals surface area contributed by atoms with Gasteiger partial charge in [-0.1, -0.05) is 68.4 Å². The van der Waals surface area contributed by atoms with E-state index in [0.717, 1.165) is 23.3 Å². The zero-order valence-electron chi connectivity index (χ0n) is 20.7. The number of carbonyl (C=O) groups is 2. The number of carbonyl (C=O) groups excluding carboxylic acids is 1. The first kappa shape index (κ1) is 24.5. The number of amides is 1. The number of carboxylic acids is 1. The van der Waals surface area contributed by atoms with Crippen molar-refractivity contribution >= 4 is 11.9 Å². The van der Waals surface area contributed by atoms with Gasteiger partial charge in [0.05, 0.1) is 0 Å². The second-order valence-electron chi connectivity index (χ2n) is 9.98. The van der Waals surface area contributed by atoms with Crippen LogP contribution in [0.2, 0.25) is 0 Å². The highest BCUT2D eigenvalue weighted by Crippen LogP contribution is 2.37. The number of hydrogen-bond donors (Lipinski definition) is 1. The van der Waals surface area contributed by atoms with Crippen molar-refractivity contribution in [2.45, 2.75) is 51.6 Å². The monoisotopic (exact) mass is 471 g/mol. The van der Waals surface area contributed by atoms with Crippen molar-refractivity contribution in [1.29, 1.82) is 0 Å². The molecular weight excluding hydrogens is 438 g/mol. The third kappa shape index (κ3) is 6.10. The Morgan fingerprint density at radius 3 is 2.37 bits per heavy atom. The molecule has 1 amide bonds. The fraction of sp³-hybridized carbons (Fsp3) is 0.333. The fourth-order valence-electron chi connectivity index (χ4n) is 4.71. The van der Waals surface area contributed by atoms with Crippen LogP contribution in [0.3, 0.4) is 0 Å². The summed E-state index contributed by atoms with van der Waals surface area (Å²) in [5.74, 6) is -0.0103. The molecule has 5 nitrogen and oxygen atoms in total. The Morgan fingerprint density at radius 1 is 1.00 bits per heavy atom. The first-order chi connectivity index (χ1) is 16.7. The van der Waals surface area contributed by atoms with Gasteiger partial charge >= 0.3 is 5.97 Å². The molecule has 1 heterocycles. The van der Waals surface area contributed by atoms with E-state index in [9.17, 15) is 14.7 Å². The Morgan fingerprint density at radius 2 is 1.71 bits per heavy atom. The molecule has 0 fully saturated rings. The van der Waals surface area contributed by atoms with Crippen LogP contribution in [0.5, 0.6) is 5.75 Å². The summed E-state index contributed by atoms with van der Waals surface area (Å²) in [5, 5.41) is 9.37. The van der Waals surface area contributed by atoms with Gasteiger partial charge in [-0.2, -0.15) is 0 Å². The summed E-state index contributed by atoms with van der Waals surface area (Å²) < 4.78 is 6.32. The van der Waals surface area contributed by atoms with Gasteiger partial charge < -0.3 is 14.7 Å². The SMILES string of the molecule is CC(C)c1ccc(CC2(C)Cc3cc(C(=O)N(CCc4ccccc4)CC(=O)O)ccc3O2)cc1. The maximum absolute atomic E-state index is 13.3. The first-order valence-electron chi connectivity index (χ1n) is 12.2. The molecule has 1 unspecified atom stereocenters. The number of hydrogen-bond acceptors (Lipinski definition) is 3. The van der Waals surface area contributed by atoms with E-state index >= 15 is 0 Å². The van der Waals surface area contributed by atoms with E-state index in [0.29, 0.717) is 30.9 Å². The maximum atomic E-state index is 13.3. The summed E-state index contributed by atoms with van der Waals surface area (Å²) in [5.41, 5.74) is 4.68. The number of rotatable bonds is 9. The number of nitrogens with zero attached hydrogens (tertiary/aromatic N) is 1. The van der Waals surface area contributed by atoms with Gasteiger partial charge in [-0.25, -0.2) is 0 Å². The molecule has 0 spiro atoms. The minimum Gasteiger partial charge on any atom is -0.487 e. The third-order valence-electron chi connectivity index (χ3n) is 6.58. The average Bonchev–Trinajstić information content (AvgIpc) is 3.16. The summed E-state index contributed by atoms with van der Waals surface area (Å²) in [7, 11) is 0. The van der Waals surface area contributed by atoms with E-state index in [1.54, 1.807) is 6.07 Å². The molecule has 1 aliphatic rings. The third-order valence-corrected chi connectivity index (χ3v) is 6.58. The second-order valence-corrected chi connectivity index (χ2v) is 9.98. The highest BCUT2D eigenvalue weighted by molar-refractivity contribution is 5.96. The molecular formula is C30H33NO4. The lowest BCUT2D eigenvalue weighted by atomic mass is 9.90. The molecule has 35 heavy (non-hydrogen) atoms.